The number of aryl methyl sites for hydroxylation is 1. The third kappa shape index (κ3) is 4.66. The summed E-state index contributed by atoms with van der Waals surface area (Å²) in [5, 5.41) is 4.18. The second kappa shape index (κ2) is 8.67. The average molecular weight is 400 g/mol. The minimum absolute atomic E-state index is 0.164. The first kappa shape index (κ1) is 20.2. The molecule has 2 aromatic carbocycles. The van der Waals surface area contributed by atoms with Crippen LogP contribution in [-0.4, -0.2) is 37.4 Å². The molecule has 1 saturated heterocycles. The molecule has 1 fully saturated rings. The van der Waals surface area contributed by atoms with E-state index in [9.17, 15) is 13.2 Å². The van der Waals surface area contributed by atoms with E-state index in [1.54, 1.807) is 24.3 Å². The molecule has 148 valence electrons. The van der Waals surface area contributed by atoms with E-state index in [1.807, 2.05) is 44.2 Å². The van der Waals surface area contributed by atoms with E-state index in [0.29, 0.717) is 30.8 Å². The zero-order valence-corrected chi connectivity index (χ0v) is 16.9. The van der Waals surface area contributed by atoms with E-state index in [4.69, 9.17) is 0 Å². The predicted molar refractivity (Wildman–Crippen MR) is 109 cm³/mol. The number of nitrogens with one attached hydrogen (secondary N) is 1. The molecule has 28 heavy (non-hydrogen) atoms. The van der Waals surface area contributed by atoms with Crippen molar-refractivity contribution in [1.82, 2.24) is 9.73 Å². The lowest BCUT2D eigenvalue weighted by Crippen LogP contribution is -2.42. The van der Waals surface area contributed by atoms with Crippen molar-refractivity contribution in [2.45, 2.75) is 31.6 Å². The Morgan fingerprint density at radius 2 is 1.64 bits per heavy atom. The van der Waals surface area contributed by atoms with Gasteiger partial charge in [0.2, 0.25) is 15.9 Å². The van der Waals surface area contributed by atoms with Gasteiger partial charge in [-0.3, -0.25) is 4.79 Å². The minimum atomic E-state index is -3.52. The smallest absolute Gasteiger partial charge is 0.243 e. The Labute approximate surface area is 166 Å². The summed E-state index contributed by atoms with van der Waals surface area (Å²) in [7, 11) is -3.52. The highest BCUT2D eigenvalue weighted by molar-refractivity contribution is 7.89. The highest BCUT2D eigenvalue weighted by Gasteiger charge is 2.32. The zero-order valence-electron chi connectivity index (χ0n) is 16.1. The molecule has 0 atom stereocenters. The topological polar surface area (TPSA) is 78.8 Å². The number of rotatable bonds is 5. The maximum absolute atomic E-state index is 12.8. The van der Waals surface area contributed by atoms with Crippen LogP contribution in [0, 0.1) is 12.8 Å². The van der Waals surface area contributed by atoms with Crippen molar-refractivity contribution >= 4 is 21.6 Å². The fourth-order valence-corrected chi connectivity index (χ4v) is 4.66. The van der Waals surface area contributed by atoms with Crippen molar-refractivity contribution in [2.24, 2.45) is 11.0 Å². The molecule has 0 saturated carbocycles. The molecular formula is C21H25N3O3S. The molecule has 2 aromatic rings. The Bertz CT molecular complexity index is 946. The summed E-state index contributed by atoms with van der Waals surface area (Å²) in [6.45, 7) is 4.42. The first-order valence-electron chi connectivity index (χ1n) is 9.34. The molecule has 1 heterocycles. The summed E-state index contributed by atoms with van der Waals surface area (Å²) in [5.74, 6) is -0.403. The van der Waals surface area contributed by atoms with Crippen LogP contribution >= 0.6 is 0 Å². The monoisotopic (exact) mass is 399 g/mol. The van der Waals surface area contributed by atoms with E-state index in [1.165, 1.54) is 4.31 Å². The summed E-state index contributed by atoms with van der Waals surface area (Å²) >= 11 is 0. The Morgan fingerprint density at radius 1 is 1.04 bits per heavy atom. The number of carbonyl (C=O) groups excluding carboxylic acids is 1. The highest BCUT2D eigenvalue weighted by atomic mass is 32.2. The Morgan fingerprint density at radius 3 is 2.25 bits per heavy atom. The third-order valence-electron chi connectivity index (χ3n) is 5.01. The highest BCUT2D eigenvalue weighted by Crippen LogP contribution is 2.24. The van der Waals surface area contributed by atoms with Gasteiger partial charge in [-0.15, -0.1) is 0 Å². The van der Waals surface area contributed by atoms with Gasteiger partial charge in [0.1, 0.15) is 0 Å². The average Bonchev–Trinajstić information content (AvgIpc) is 2.73. The van der Waals surface area contributed by atoms with Crippen LogP contribution < -0.4 is 5.43 Å². The number of carbonyl (C=O) groups is 1. The number of benzene rings is 2. The number of hydrogen-bond acceptors (Lipinski definition) is 4. The van der Waals surface area contributed by atoms with Gasteiger partial charge >= 0.3 is 0 Å². The standard InChI is InChI=1S/C21H25N3O3S/c1-16-8-10-20(11-9-16)28(26,27)24-14-12-19(13-15-24)21(25)23-22-17(2)18-6-4-3-5-7-18/h3-11,19H,12-15H2,1-2H3,(H,23,25)/b22-17-. The lowest BCUT2D eigenvalue weighted by Gasteiger charge is -2.30. The molecule has 0 aliphatic carbocycles. The molecule has 0 spiro atoms. The maximum Gasteiger partial charge on any atom is 0.243 e. The maximum atomic E-state index is 12.8. The molecule has 0 bridgehead atoms. The molecule has 1 N–H and O–H groups in total. The van der Waals surface area contributed by atoms with Gasteiger partial charge < -0.3 is 0 Å². The number of amides is 1. The summed E-state index contributed by atoms with van der Waals surface area (Å²) in [6.07, 6.45) is 0.966. The molecule has 0 unspecified atom stereocenters. The molecular weight excluding hydrogens is 374 g/mol. The predicted octanol–water partition coefficient (Wildman–Crippen LogP) is 2.94. The van der Waals surface area contributed by atoms with E-state index < -0.39 is 10.0 Å². The first-order chi connectivity index (χ1) is 13.4. The van der Waals surface area contributed by atoms with E-state index in [0.717, 1.165) is 16.8 Å². The van der Waals surface area contributed by atoms with Crippen LogP contribution in [0.15, 0.2) is 64.6 Å². The molecule has 1 amide bonds. The van der Waals surface area contributed by atoms with Gasteiger partial charge in [-0.25, -0.2) is 13.8 Å². The van der Waals surface area contributed by atoms with Gasteiger partial charge in [0, 0.05) is 19.0 Å². The van der Waals surface area contributed by atoms with Gasteiger partial charge in [0.15, 0.2) is 0 Å². The third-order valence-corrected chi connectivity index (χ3v) is 6.92. The lowest BCUT2D eigenvalue weighted by atomic mass is 9.98. The molecule has 1 aliphatic rings. The van der Waals surface area contributed by atoms with Gasteiger partial charge in [0.25, 0.3) is 0 Å². The number of piperidine rings is 1. The van der Waals surface area contributed by atoms with Crippen LogP contribution in [0.5, 0.6) is 0 Å². The van der Waals surface area contributed by atoms with Crippen LogP contribution in [0.4, 0.5) is 0 Å². The van der Waals surface area contributed by atoms with Gasteiger partial charge in [-0.2, -0.15) is 9.41 Å². The van der Waals surface area contributed by atoms with Gasteiger partial charge in [0.05, 0.1) is 10.6 Å². The fraction of sp³-hybridized carbons (Fsp3) is 0.333. The van der Waals surface area contributed by atoms with Crippen molar-refractivity contribution in [2.75, 3.05) is 13.1 Å². The second-order valence-corrected chi connectivity index (χ2v) is 8.97. The second-order valence-electron chi connectivity index (χ2n) is 7.03. The number of hydrogen-bond donors (Lipinski definition) is 1. The normalized spacial score (nSPS) is 16.7. The molecule has 6 nitrogen and oxygen atoms in total. The molecule has 3 rings (SSSR count). The van der Waals surface area contributed by atoms with Crippen LogP contribution in [-0.2, 0) is 14.8 Å². The summed E-state index contributed by atoms with van der Waals surface area (Å²) in [4.78, 5) is 12.7. The summed E-state index contributed by atoms with van der Waals surface area (Å²) in [6, 6.07) is 16.5. The number of nitrogens with zero attached hydrogens (tertiary/aromatic N) is 2. The number of sulfonamides is 1. The van der Waals surface area contributed by atoms with Gasteiger partial charge in [-0.05, 0) is 44.4 Å². The molecule has 1 aliphatic heterocycles. The molecule has 7 heteroatoms. The summed E-state index contributed by atoms with van der Waals surface area (Å²) < 4.78 is 27.0. The van der Waals surface area contributed by atoms with Gasteiger partial charge in [-0.1, -0.05) is 48.0 Å². The number of hydrazone groups is 1. The van der Waals surface area contributed by atoms with Crippen LogP contribution in [0.25, 0.3) is 0 Å². The molecule has 0 radical (unpaired) electrons. The Hall–Kier alpha value is -2.51. The lowest BCUT2D eigenvalue weighted by molar-refractivity contribution is -0.126. The zero-order chi connectivity index (χ0) is 20.1. The first-order valence-corrected chi connectivity index (χ1v) is 10.8. The van der Waals surface area contributed by atoms with Crippen molar-refractivity contribution < 1.29 is 13.2 Å². The van der Waals surface area contributed by atoms with Crippen molar-refractivity contribution in [3.63, 3.8) is 0 Å². The van der Waals surface area contributed by atoms with Crippen molar-refractivity contribution in [3.8, 4) is 0 Å². The van der Waals surface area contributed by atoms with Crippen LogP contribution in [0.3, 0.4) is 0 Å². The van der Waals surface area contributed by atoms with E-state index in [-0.39, 0.29) is 11.8 Å². The SMILES string of the molecule is C/C(=N/NC(=O)C1CCN(S(=O)(=O)c2ccc(C)cc2)CC1)c1ccccc1. The van der Waals surface area contributed by atoms with Crippen LogP contribution in [0.2, 0.25) is 0 Å². The minimum Gasteiger partial charge on any atom is -0.273 e. The fourth-order valence-electron chi connectivity index (χ4n) is 3.19. The summed E-state index contributed by atoms with van der Waals surface area (Å²) in [5.41, 5.74) is 5.31. The largest absolute Gasteiger partial charge is 0.273 e. The Kier molecular flexibility index (Phi) is 6.26. The quantitative estimate of drug-likeness (QED) is 0.620. The molecule has 0 aromatic heterocycles. The van der Waals surface area contributed by atoms with Crippen LogP contribution in [0.1, 0.15) is 30.9 Å². The van der Waals surface area contributed by atoms with E-state index in [2.05, 4.69) is 10.5 Å². The van der Waals surface area contributed by atoms with E-state index >= 15 is 0 Å². The Balaban J connectivity index is 1.57. The van der Waals surface area contributed by atoms with Crippen molar-refractivity contribution in [3.05, 3.63) is 65.7 Å². The van der Waals surface area contributed by atoms with Crippen molar-refractivity contribution in [1.29, 1.82) is 0 Å².